The summed E-state index contributed by atoms with van der Waals surface area (Å²) in [6.45, 7) is 0.691. The molecule has 2 radical (unpaired) electrons. The van der Waals surface area contributed by atoms with Gasteiger partial charge in [-0.3, -0.25) is 0 Å². The summed E-state index contributed by atoms with van der Waals surface area (Å²) in [5.41, 5.74) is 2.59. The molecular formula is C4H5NO. The van der Waals surface area contributed by atoms with Crippen molar-refractivity contribution in [1.82, 2.24) is 5.48 Å². The van der Waals surface area contributed by atoms with Crippen molar-refractivity contribution in [2.24, 2.45) is 0 Å². The predicted octanol–water partition coefficient (Wildman–Crippen LogP) is 0.116. The fourth-order valence-corrected chi connectivity index (χ4v) is 0.273. The van der Waals surface area contributed by atoms with Crippen molar-refractivity contribution in [2.45, 2.75) is 0 Å². The van der Waals surface area contributed by atoms with E-state index in [1.54, 1.807) is 12.3 Å². The lowest BCUT2D eigenvalue weighted by atomic mass is 10.4. The van der Waals surface area contributed by atoms with Gasteiger partial charge in [-0.25, -0.2) is 0 Å². The van der Waals surface area contributed by atoms with Crippen LogP contribution in [-0.2, 0) is 4.84 Å². The third-order valence-electron chi connectivity index (χ3n) is 0.511. The molecule has 1 aliphatic rings. The summed E-state index contributed by atoms with van der Waals surface area (Å²) in [6.07, 6.45) is 6.15. The minimum absolute atomic E-state index is 0.691. The quantitative estimate of drug-likeness (QED) is 0.449. The zero-order chi connectivity index (χ0) is 4.24. The SMILES string of the molecule is [C]1C=CONC1. The first-order valence-corrected chi connectivity index (χ1v) is 1.77. The van der Waals surface area contributed by atoms with Crippen LogP contribution in [0.25, 0.3) is 0 Å². The zero-order valence-electron chi connectivity index (χ0n) is 3.27. The van der Waals surface area contributed by atoms with Crippen LogP contribution in [0.5, 0.6) is 0 Å². The van der Waals surface area contributed by atoms with Crippen LogP contribution < -0.4 is 5.48 Å². The van der Waals surface area contributed by atoms with E-state index in [0.717, 1.165) is 0 Å². The van der Waals surface area contributed by atoms with Gasteiger partial charge in [-0.1, -0.05) is 0 Å². The van der Waals surface area contributed by atoms with Gasteiger partial charge in [0.1, 0.15) is 6.26 Å². The van der Waals surface area contributed by atoms with Gasteiger partial charge in [0.25, 0.3) is 0 Å². The molecule has 0 unspecified atom stereocenters. The maximum Gasteiger partial charge on any atom is 0.107 e. The van der Waals surface area contributed by atoms with Crippen LogP contribution in [-0.4, -0.2) is 6.54 Å². The number of hydrogen-bond acceptors (Lipinski definition) is 2. The highest BCUT2D eigenvalue weighted by Gasteiger charge is 1.86. The fraction of sp³-hybridized carbons (Fsp3) is 0.250. The first kappa shape index (κ1) is 3.68. The lowest BCUT2D eigenvalue weighted by Crippen LogP contribution is -2.15. The van der Waals surface area contributed by atoms with E-state index in [1.165, 1.54) is 0 Å². The molecule has 6 heavy (non-hydrogen) atoms. The molecule has 0 saturated carbocycles. The normalized spacial score (nSPS) is 20.0. The van der Waals surface area contributed by atoms with Crippen molar-refractivity contribution >= 4 is 0 Å². The van der Waals surface area contributed by atoms with Crippen LogP contribution in [0.2, 0.25) is 0 Å². The van der Waals surface area contributed by atoms with E-state index in [1.807, 2.05) is 0 Å². The molecular weight excluding hydrogens is 78.0 g/mol. The summed E-state index contributed by atoms with van der Waals surface area (Å²) in [4.78, 5) is 4.58. The molecule has 0 saturated heterocycles. The Morgan fingerprint density at radius 2 is 2.83 bits per heavy atom. The molecule has 0 amide bonds. The predicted molar refractivity (Wildman–Crippen MR) is 21.5 cm³/mol. The molecule has 2 heteroatoms. The van der Waals surface area contributed by atoms with Crippen LogP contribution in [0.4, 0.5) is 0 Å². The maximum atomic E-state index is 4.58. The average molecular weight is 83.1 g/mol. The van der Waals surface area contributed by atoms with Crippen molar-refractivity contribution in [1.29, 1.82) is 0 Å². The van der Waals surface area contributed by atoms with E-state index >= 15 is 0 Å². The molecule has 32 valence electrons. The smallest absolute Gasteiger partial charge is 0.107 e. The summed E-state index contributed by atoms with van der Waals surface area (Å²) in [5, 5.41) is 0. The molecule has 1 aliphatic heterocycles. The lowest BCUT2D eigenvalue weighted by molar-refractivity contribution is 0.135. The Morgan fingerprint density at radius 1 is 1.83 bits per heavy atom. The van der Waals surface area contributed by atoms with E-state index in [2.05, 4.69) is 16.7 Å². The molecule has 0 bridgehead atoms. The molecule has 0 aromatic heterocycles. The molecule has 2 nitrogen and oxygen atoms in total. The van der Waals surface area contributed by atoms with E-state index < -0.39 is 0 Å². The van der Waals surface area contributed by atoms with Gasteiger partial charge in [0.05, 0.1) is 0 Å². The largest absolute Gasteiger partial charge is 0.417 e. The molecule has 0 fully saturated rings. The highest BCUT2D eigenvalue weighted by Crippen LogP contribution is 1.84. The Kier molecular flexibility index (Phi) is 1.12. The second kappa shape index (κ2) is 1.82. The number of nitrogens with one attached hydrogen (secondary N) is 1. The molecule has 0 aliphatic carbocycles. The first-order chi connectivity index (χ1) is 3.00. The Balaban J connectivity index is 2.26. The minimum Gasteiger partial charge on any atom is -0.417 e. The molecule has 0 spiro atoms. The van der Waals surface area contributed by atoms with Crippen molar-refractivity contribution in [3.8, 4) is 0 Å². The van der Waals surface area contributed by atoms with Crippen molar-refractivity contribution in [2.75, 3.05) is 6.54 Å². The Morgan fingerprint density at radius 3 is 3.00 bits per heavy atom. The van der Waals surface area contributed by atoms with Gasteiger partial charge >= 0.3 is 0 Å². The van der Waals surface area contributed by atoms with Crippen LogP contribution >= 0.6 is 0 Å². The summed E-state index contributed by atoms with van der Waals surface area (Å²) in [6, 6.07) is 0. The summed E-state index contributed by atoms with van der Waals surface area (Å²) in [5.74, 6) is 0. The number of hydroxylamine groups is 1. The van der Waals surface area contributed by atoms with Crippen molar-refractivity contribution < 1.29 is 4.84 Å². The van der Waals surface area contributed by atoms with Gasteiger partial charge < -0.3 is 4.84 Å². The van der Waals surface area contributed by atoms with Gasteiger partial charge in [0.2, 0.25) is 0 Å². The zero-order valence-corrected chi connectivity index (χ0v) is 3.27. The van der Waals surface area contributed by atoms with Crippen molar-refractivity contribution in [3.05, 3.63) is 18.8 Å². The number of rotatable bonds is 0. The van der Waals surface area contributed by atoms with E-state index in [0.29, 0.717) is 6.54 Å². The molecule has 0 aromatic rings. The molecule has 0 aromatic carbocycles. The second-order valence-electron chi connectivity index (χ2n) is 0.946. The standard InChI is InChI=1S/C4H5NO/c1-2-4-6-5-3-1/h2,4-5H,3H2. The van der Waals surface area contributed by atoms with Crippen LogP contribution in [0.3, 0.4) is 0 Å². The van der Waals surface area contributed by atoms with Gasteiger partial charge in [-0.2, -0.15) is 5.48 Å². The van der Waals surface area contributed by atoms with E-state index in [-0.39, 0.29) is 0 Å². The molecule has 1 heterocycles. The second-order valence-corrected chi connectivity index (χ2v) is 0.946. The fourth-order valence-electron chi connectivity index (χ4n) is 0.273. The molecule has 1 rings (SSSR count). The monoisotopic (exact) mass is 83.0 g/mol. The van der Waals surface area contributed by atoms with E-state index in [4.69, 9.17) is 0 Å². The Bertz CT molecular complexity index is 52.6. The highest BCUT2D eigenvalue weighted by atomic mass is 16.6. The van der Waals surface area contributed by atoms with Gasteiger partial charge in [0.15, 0.2) is 0 Å². The third-order valence-corrected chi connectivity index (χ3v) is 0.511. The van der Waals surface area contributed by atoms with Crippen LogP contribution in [0, 0.1) is 6.42 Å². The Hall–Kier alpha value is -0.500. The van der Waals surface area contributed by atoms with Gasteiger partial charge in [-0.05, 0) is 6.08 Å². The minimum atomic E-state index is 0.691. The summed E-state index contributed by atoms with van der Waals surface area (Å²) < 4.78 is 0. The van der Waals surface area contributed by atoms with Gasteiger partial charge in [-0.15, -0.1) is 0 Å². The van der Waals surface area contributed by atoms with Crippen LogP contribution in [0.15, 0.2) is 12.3 Å². The molecule has 0 atom stereocenters. The Labute approximate surface area is 36.8 Å². The summed E-state index contributed by atoms with van der Waals surface area (Å²) in [7, 11) is 0. The lowest BCUT2D eigenvalue weighted by Gasteiger charge is -2.02. The van der Waals surface area contributed by atoms with E-state index in [9.17, 15) is 0 Å². The molecule has 1 N–H and O–H groups in total. The number of hydrogen-bond donors (Lipinski definition) is 1. The summed E-state index contributed by atoms with van der Waals surface area (Å²) >= 11 is 0. The van der Waals surface area contributed by atoms with Crippen molar-refractivity contribution in [3.63, 3.8) is 0 Å². The highest BCUT2D eigenvalue weighted by molar-refractivity contribution is 4.93. The van der Waals surface area contributed by atoms with Gasteiger partial charge in [0, 0.05) is 13.0 Å². The average Bonchev–Trinajstić information content (AvgIpc) is 1.72. The topological polar surface area (TPSA) is 21.3 Å². The maximum absolute atomic E-state index is 4.58. The van der Waals surface area contributed by atoms with Crippen LogP contribution in [0.1, 0.15) is 0 Å². The first-order valence-electron chi connectivity index (χ1n) is 1.77. The third kappa shape index (κ3) is 0.723.